The van der Waals surface area contributed by atoms with Gasteiger partial charge in [-0.3, -0.25) is 9.59 Å². The molecule has 100 valence electrons. The van der Waals surface area contributed by atoms with Gasteiger partial charge in [0.2, 0.25) is 5.91 Å². The predicted octanol–water partition coefficient (Wildman–Crippen LogP) is -1.04. The zero-order chi connectivity index (χ0) is 13.5. The van der Waals surface area contributed by atoms with Gasteiger partial charge in [0.1, 0.15) is 12.2 Å². The molecule has 1 unspecified atom stereocenters. The van der Waals surface area contributed by atoms with Crippen molar-refractivity contribution in [2.24, 2.45) is 11.7 Å². The predicted molar refractivity (Wildman–Crippen MR) is 62.3 cm³/mol. The highest BCUT2D eigenvalue weighted by atomic mass is 16.4. The second kappa shape index (κ2) is 6.70. The molecule has 0 aliphatic rings. The van der Waals surface area contributed by atoms with E-state index in [0.717, 1.165) is 0 Å². The summed E-state index contributed by atoms with van der Waals surface area (Å²) in [6.45, 7) is 2.24. The summed E-state index contributed by atoms with van der Waals surface area (Å²) in [7, 11) is 0. The highest BCUT2D eigenvalue weighted by Crippen LogP contribution is 2.00. The number of carboxylic acids is 1. The van der Waals surface area contributed by atoms with E-state index in [2.05, 4.69) is 15.6 Å². The van der Waals surface area contributed by atoms with Crippen molar-refractivity contribution < 1.29 is 14.7 Å². The van der Waals surface area contributed by atoms with Crippen molar-refractivity contribution in [3.63, 3.8) is 0 Å². The maximum absolute atomic E-state index is 11.6. The Bertz CT molecular complexity index is 417. The molecule has 4 N–H and O–H groups in total. The molecule has 0 saturated heterocycles. The van der Waals surface area contributed by atoms with E-state index in [-0.39, 0.29) is 24.9 Å². The van der Waals surface area contributed by atoms with E-state index in [1.165, 1.54) is 10.9 Å². The molecule has 0 aliphatic heterocycles. The van der Waals surface area contributed by atoms with E-state index >= 15 is 0 Å². The van der Waals surface area contributed by atoms with Crippen molar-refractivity contribution >= 4 is 11.9 Å². The molecule has 8 nitrogen and oxygen atoms in total. The molecule has 0 saturated carbocycles. The average molecular weight is 255 g/mol. The molecular weight excluding hydrogens is 238 g/mol. The van der Waals surface area contributed by atoms with Gasteiger partial charge in [0.05, 0.1) is 12.7 Å². The molecule has 8 heteroatoms. The lowest BCUT2D eigenvalue weighted by Gasteiger charge is -2.09. The number of nitrogens with one attached hydrogen (secondary N) is 1. The number of carbonyl (C=O) groups excluding carboxylic acids is 1. The van der Waals surface area contributed by atoms with Crippen LogP contribution in [0.3, 0.4) is 0 Å². The van der Waals surface area contributed by atoms with Gasteiger partial charge in [0.25, 0.3) is 0 Å². The third-order valence-corrected chi connectivity index (χ3v) is 2.37. The first-order valence-corrected chi connectivity index (χ1v) is 5.61. The molecule has 1 rings (SSSR count). The van der Waals surface area contributed by atoms with E-state index in [9.17, 15) is 9.59 Å². The summed E-state index contributed by atoms with van der Waals surface area (Å²) in [5.74, 6) is -1.25. The first kappa shape index (κ1) is 14.1. The Balaban J connectivity index is 2.41. The van der Waals surface area contributed by atoms with Gasteiger partial charge in [0, 0.05) is 5.92 Å². The van der Waals surface area contributed by atoms with E-state index in [1.807, 2.05) is 0 Å². The van der Waals surface area contributed by atoms with Gasteiger partial charge in [-0.2, -0.15) is 0 Å². The van der Waals surface area contributed by atoms with Crippen molar-refractivity contribution in [2.45, 2.75) is 26.4 Å². The van der Waals surface area contributed by atoms with Crippen molar-refractivity contribution in [2.75, 3.05) is 6.54 Å². The quantitative estimate of drug-likeness (QED) is 0.572. The van der Waals surface area contributed by atoms with E-state index in [4.69, 9.17) is 10.8 Å². The topological polar surface area (TPSA) is 123 Å². The van der Waals surface area contributed by atoms with Crippen LogP contribution in [0.1, 0.15) is 19.0 Å². The Kier molecular flexibility index (Phi) is 5.25. The molecule has 0 spiro atoms. The van der Waals surface area contributed by atoms with Crippen LogP contribution in [0.25, 0.3) is 0 Å². The van der Waals surface area contributed by atoms with Gasteiger partial charge in [-0.25, -0.2) is 4.68 Å². The maximum atomic E-state index is 11.6. The normalized spacial score (nSPS) is 12.1. The lowest BCUT2D eigenvalue weighted by Crippen LogP contribution is -2.30. The van der Waals surface area contributed by atoms with Crippen molar-refractivity contribution in [3.05, 3.63) is 11.9 Å². The first-order valence-electron chi connectivity index (χ1n) is 5.61. The van der Waals surface area contributed by atoms with Crippen LogP contribution in [-0.2, 0) is 22.7 Å². The molecule has 0 bridgehead atoms. The van der Waals surface area contributed by atoms with Gasteiger partial charge in [-0.1, -0.05) is 12.1 Å². The van der Waals surface area contributed by atoms with Crippen LogP contribution in [-0.4, -0.2) is 38.5 Å². The minimum Gasteiger partial charge on any atom is -0.480 e. The lowest BCUT2D eigenvalue weighted by atomic mass is 10.1. The smallest absolute Gasteiger partial charge is 0.325 e. The monoisotopic (exact) mass is 255 g/mol. The number of carbonyl (C=O) groups is 2. The fourth-order valence-corrected chi connectivity index (χ4v) is 1.37. The van der Waals surface area contributed by atoms with Gasteiger partial charge < -0.3 is 16.2 Å². The Labute approximate surface area is 104 Å². The molecule has 1 aromatic rings. The Morgan fingerprint density at radius 2 is 2.33 bits per heavy atom. The van der Waals surface area contributed by atoms with Gasteiger partial charge in [-0.15, -0.1) is 5.10 Å². The van der Waals surface area contributed by atoms with E-state index in [1.54, 1.807) is 6.92 Å². The summed E-state index contributed by atoms with van der Waals surface area (Å²) >= 11 is 0. The number of aromatic nitrogens is 3. The number of aliphatic carboxylic acids is 1. The van der Waals surface area contributed by atoms with Crippen LogP contribution in [0, 0.1) is 5.92 Å². The van der Waals surface area contributed by atoms with Gasteiger partial charge >= 0.3 is 5.97 Å². The standard InChI is InChI=1S/C10H17N5O3/c1-7(2-3-11)10(18)12-4-8-5-15(14-13-8)6-9(16)17/h5,7H,2-4,6,11H2,1H3,(H,12,18)(H,16,17). The number of nitrogens with two attached hydrogens (primary N) is 1. The fourth-order valence-electron chi connectivity index (χ4n) is 1.37. The second-order valence-electron chi connectivity index (χ2n) is 4.00. The van der Waals surface area contributed by atoms with Crippen LogP contribution in [0.5, 0.6) is 0 Å². The summed E-state index contributed by atoms with van der Waals surface area (Å²) < 4.78 is 1.20. The number of rotatable bonds is 7. The molecule has 0 fully saturated rings. The highest BCUT2D eigenvalue weighted by molar-refractivity contribution is 5.78. The van der Waals surface area contributed by atoms with Crippen LogP contribution in [0.15, 0.2) is 6.20 Å². The van der Waals surface area contributed by atoms with Crippen molar-refractivity contribution in [1.29, 1.82) is 0 Å². The maximum Gasteiger partial charge on any atom is 0.325 e. The van der Waals surface area contributed by atoms with Crippen LogP contribution < -0.4 is 11.1 Å². The van der Waals surface area contributed by atoms with Crippen LogP contribution in [0.4, 0.5) is 0 Å². The van der Waals surface area contributed by atoms with Crippen LogP contribution >= 0.6 is 0 Å². The van der Waals surface area contributed by atoms with Crippen LogP contribution in [0.2, 0.25) is 0 Å². The van der Waals surface area contributed by atoms with Crippen molar-refractivity contribution in [3.8, 4) is 0 Å². The molecule has 1 aromatic heterocycles. The summed E-state index contributed by atoms with van der Waals surface area (Å²) in [6, 6.07) is 0. The molecule has 0 aliphatic carbocycles. The van der Waals surface area contributed by atoms with Gasteiger partial charge in [-0.05, 0) is 13.0 Å². The zero-order valence-corrected chi connectivity index (χ0v) is 10.2. The average Bonchev–Trinajstić information content (AvgIpc) is 2.73. The molecule has 0 aromatic carbocycles. The van der Waals surface area contributed by atoms with Gasteiger partial charge in [0.15, 0.2) is 0 Å². The summed E-state index contributed by atoms with van der Waals surface area (Å²) in [5.41, 5.74) is 5.88. The Hall–Kier alpha value is -1.96. The van der Waals surface area contributed by atoms with E-state index < -0.39 is 5.97 Å². The third kappa shape index (κ3) is 4.50. The second-order valence-corrected chi connectivity index (χ2v) is 4.00. The lowest BCUT2D eigenvalue weighted by molar-refractivity contribution is -0.138. The third-order valence-electron chi connectivity index (χ3n) is 2.37. The molecular formula is C10H17N5O3. The Morgan fingerprint density at radius 1 is 1.61 bits per heavy atom. The molecule has 0 radical (unpaired) electrons. The van der Waals surface area contributed by atoms with Crippen molar-refractivity contribution in [1.82, 2.24) is 20.3 Å². The number of carboxylic acid groups (broad SMARTS) is 1. The SMILES string of the molecule is CC(CCN)C(=O)NCc1cn(CC(=O)O)nn1. The highest BCUT2D eigenvalue weighted by Gasteiger charge is 2.12. The summed E-state index contributed by atoms with van der Waals surface area (Å²) in [5, 5.41) is 18.6. The Morgan fingerprint density at radius 3 is 2.94 bits per heavy atom. The summed E-state index contributed by atoms with van der Waals surface area (Å²) in [6.07, 6.45) is 2.11. The number of hydrogen-bond donors (Lipinski definition) is 3. The zero-order valence-electron chi connectivity index (χ0n) is 10.2. The fraction of sp³-hybridized carbons (Fsp3) is 0.600. The largest absolute Gasteiger partial charge is 0.480 e. The molecule has 1 heterocycles. The first-order chi connectivity index (χ1) is 8.52. The molecule has 1 amide bonds. The number of nitrogens with zero attached hydrogens (tertiary/aromatic N) is 3. The van der Waals surface area contributed by atoms with E-state index in [0.29, 0.717) is 18.7 Å². The molecule has 1 atom stereocenters. The molecule has 18 heavy (non-hydrogen) atoms. The minimum atomic E-state index is -0.993. The number of hydrogen-bond acceptors (Lipinski definition) is 5. The minimum absolute atomic E-state index is 0.103. The summed E-state index contributed by atoms with van der Waals surface area (Å²) in [4.78, 5) is 22.0. The number of amides is 1.